The normalized spacial score (nSPS) is 15.1. The summed E-state index contributed by atoms with van der Waals surface area (Å²) in [6.45, 7) is 4.35. The zero-order valence-electron chi connectivity index (χ0n) is 12.6. The van der Waals surface area contributed by atoms with E-state index in [9.17, 15) is 9.90 Å². The molecule has 114 valence electrons. The molecule has 0 fully saturated rings. The Balaban J connectivity index is 1.88. The summed E-state index contributed by atoms with van der Waals surface area (Å²) < 4.78 is 0. The predicted molar refractivity (Wildman–Crippen MR) is 84.3 cm³/mol. The highest BCUT2D eigenvalue weighted by atomic mass is 16.3. The van der Waals surface area contributed by atoms with Crippen LogP contribution >= 0.6 is 0 Å². The van der Waals surface area contributed by atoms with Gasteiger partial charge in [-0.1, -0.05) is 24.3 Å². The number of carbonyl (C=O) groups is 1. The Bertz CT molecular complexity index is 506. The van der Waals surface area contributed by atoms with Crippen molar-refractivity contribution in [2.75, 3.05) is 31.6 Å². The summed E-state index contributed by atoms with van der Waals surface area (Å²) in [7, 11) is 1.67. The molecule has 1 heterocycles. The Hall–Kier alpha value is -2.01. The number of aliphatic hydroxyl groups is 1. The molecule has 1 atom stereocenters. The number of hydrogen-bond acceptors (Lipinski definition) is 3. The first-order chi connectivity index (χ1) is 10.1. The van der Waals surface area contributed by atoms with Crippen LogP contribution in [0.2, 0.25) is 0 Å². The van der Waals surface area contributed by atoms with Crippen LogP contribution in [0.4, 0.5) is 10.5 Å². The van der Waals surface area contributed by atoms with Crippen molar-refractivity contribution in [2.45, 2.75) is 19.6 Å². The molecule has 0 saturated heterocycles. The molecule has 5 nitrogen and oxygen atoms in total. The summed E-state index contributed by atoms with van der Waals surface area (Å²) in [5.41, 5.74) is 2.24. The summed E-state index contributed by atoms with van der Waals surface area (Å²) in [5, 5.41) is 12.1. The van der Waals surface area contributed by atoms with E-state index in [1.165, 1.54) is 10.6 Å². The van der Waals surface area contributed by atoms with Gasteiger partial charge < -0.3 is 20.2 Å². The summed E-state index contributed by atoms with van der Waals surface area (Å²) in [4.78, 5) is 15.6. The highest BCUT2D eigenvalue weighted by Crippen LogP contribution is 2.18. The molecule has 0 spiro atoms. The summed E-state index contributed by atoms with van der Waals surface area (Å²) in [6.07, 6.45) is 3.78. The molecule has 1 aliphatic rings. The number of nitrogens with one attached hydrogen (secondary N) is 1. The zero-order chi connectivity index (χ0) is 15.2. The molecule has 1 aliphatic heterocycles. The van der Waals surface area contributed by atoms with E-state index in [0.717, 1.165) is 18.7 Å². The lowest BCUT2D eigenvalue weighted by Crippen LogP contribution is -2.40. The van der Waals surface area contributed by atoms with Crippen LogP contribution in [0, 0.1) is 0 Å². The molecule has 2 N–H and O–H groups in total. The SMILES string of the molecule is CC(O)CN(C)C(=O)NCc1cccc(N2CC=CC2)c1. The number of anilines is 1. The van der Waals surface area contributed by atoms with Gasteiger partial charge in [0.15, 0.2) is 0 Å². The highest BCUT2D eigenvalue weighted by molar-refractivity contribution is 5.73. The number of rotatable bonds is 5. The number of hydrogen-bond donors (Lipinski definition) is 2. The molecule has 1 aromatic rings. The molecule has 2 amide bonds. The third-order valence-electron chi connectivity index (χ3n) is 3.42. The van der Waals surface area contributed by atoms with Crippen molar-refractivity contribution in [3.05, 3.63) is 42.0 Å². The smallest absolute Gasteiger partial charge is 0.317 e. The van der Waals surface area contributed by atoms with Crippen LogP contribution < -0.4 is 10.2 Å². The van der Waals surface area contributed by atoms with Gasteiger partial charge in [0.2, 0.25) is 0 Å². The lowest BCUT2D eigenvalue weighted by Gasteiger charge is -2.20. The predicted octanol–water partition coefficient (Wildman–Crippen LogP) is 1.58. The topological polar surface area (TPSA) is 55.8 Å². The molecule has 0 radical (unpaired) electrons. The maximum absolute atomic E-state index is 11.9. The molecule has 0 saturated carbocycles. The van der Waals surface area contributed by atoms with Gasteiger partial charge in [-0.25, -0.2) is 4.79 Å². The van der Waals surface area contributed by atoms with Gasteiger partial charge in [0.1, 0.15) is 0 Å². The van der Waals surface area contributed by atoms with E-state index in [4.69, 9.17) is 0 Å². The standard InChI is InChI=1S/C16H23N3O2/c1-13(20)12-18(2)16(21)17-11-14-6-5-7-15(10-14)19-8-3-4-9-19/h3-7,10,13,20H,8-9,11-12H2,1-2H3,(H,17,21). The van der Waals surface area contributed by atoms with Gasteiger partial charge in [0.05, 0.1) is 6.10 Å². The second-order valence-corrected chi connectivity index (χ2v) is 5.43. The third kappa shape index (κ3) is 4.49. The van der Waals surface area contributed by atoms with Crippen molar-refractivity contribution >= 4 is 11.7 Å². The van der Waals surface area contributed by atoms with Crippen LogP contribution in [0.15, 0.2) is 36.4 Å². The summed E-state index contributed by atoms with van der Waals surface area (Å²) in [6, 6.07) is 8.01. The van der Waals surface area contributed by atoms with Crippen molar-refractivity contribution in [1.29, 1.82) is 0 Å². The minimum Gasteiger partial charge on any atom is -0.392 e. The van der Waals surface area contributed by atoms with E-state index in [1.54, 1.807) is 14.0 Å². The van der Waals surface area contributed by atoms with E-state index in [2.05, 4.69) is 34.5 Å². The molecule has 1 aromatic carbocycles. The van der Waals surface area contributed by atoms with E-state index >= 15 is 0 Å². The van der Waals surface area contributed by atoms with Crippen LogP contribution in [0.25, 0.3) is 0 Å². The Kier molecular flexibility index (Phi) is 5.22. The molecule has 0 bridgehead atoms. The fourth-order valence-corrected chi connectivity index (χ4v) is 2.34. The lowest BCUT2D eigenvalue weighted by molar-refractivity contribution is 0.143. The number of likely N-dealkylation sites (N-methyl/N-ethyl adjacent to an activating group) is 1. The molecular formula is C16H23N3O2. The van der Waals surface area contributed by atoms with Crippen LogP contribution in [-0.2, 0) is 6.54 Å². The Morgan fingerprint density at radius 2 is 2.14 bits per heavy atom. The Morgan fingerprint density at radius 3 is 2.81 bits per heavy atom. The van der Waals surface area contributed by atoms with Crippen LogP contribution in [0.1, 0.15) is 12.5 Å². The first-order valence-corrected chi connectivity index (χ1v) is 7.22. The number of benzene rings is 1. The lowest BCUT2D eigenvalue weighted by atomic mass is 10.2. The van der Waals surface area contributed by atoms with Crippen molar-refractivity contribution in [3.8, 4) is 0 Å². The van der Waals surface area contributed by atoms with Crippen molar-refractivity contribution in [2.24, 2.45) is 0 Å². The van der Waals surface area contributed by atoms with Gasteiger partial charge >= 0.3 is 6.03 Å². The van der Waals surface area contributed by atoms with Gasteiger partial charge in [0.25, 0.3) is 0 Å². The monoisotopic (exact) mass is 289 g/mol. The number of carbonyl (C=O) groups excluding carboxylic acids is 1. The third-order valence-corrected chi connectivity index (χ3v) is 3.42. The number of aliphatic hydroxyl groups excluding tert-OH is 1. The molecule has 5 heteroatoms. The highest BCUT2D eigenvalue weighted by Gasteiger charge is 2.11. The quantitative estimate of drug-likeness (QED) is 0.809. The zero-order valence-corrected chi connectivity index (χ0v) is 12.6. The van der Waals surface area contributed by atoms with Crippen molar-refractivity contribution in [3.63, 3.8) is 0 Å². The van der Waals surface area contributed by atoms with Gasteiger partial charge in [-0.2, -0.15) is 0 Å². The fourth-order valence-electron chi connectivity index (χ4n) is 2.34. The number of amides is 2. The maximum Gasteiger partial charge on any atom is 0.317 e. The Labute approximate surface area is 125 Å². The molecule has 1 unspecified atom stereocenters. The van der Waals surface area contributed by atoms with E-state index in [-0.39, 0.29) is 6.03 Å². The van der Waals surface area contributed by atoms with Gasteiger partial charge in [-0.05, 0) is 24.6 Å². The van der Waals surface area contributed by atoms with Crippen molar-refractivity contribution < 1.29 is 9.90 Å². The van der Waals surface area contributed by atoms with Gasteiger partial charge in [-0.15, -0.1) is 0 Å². The first kappa shape index (κ1) is 15.4. The van der Waals surface area contributed by atoms with Crippen molar-refractivity contribution in [1.82, 2.24) is 10.2 Å². The number of urea groups is 1. The molecule has 2 rings (SSSR count). The maximum atomic E-state index is 11.9. The summed E-state index contributed by atoms with van der Waals surface area (Å²) >= 11 is 0. The molecule has 0 aliphatic carbocycles. The first-order valence-electron chi connectivity index (χ1n) is 7.22. The second-order valence-electron chi connectivity index (χ2n) is 5.43. The van der Waals surface area contributed by atoms with Crippen LogP contribution in [0.5, 0.6) is 0 Å². The van der Waals surface area contributed by atoms with E-state index in [0.29, 0.717) is 13.1 Å². The van der Waals surface area contributed by atoms with Gasteiger partial charge in [-0.3, -0.25) is 0 Å². The van der Waals surface area contributed by atoms with Crippen LogP contribution in [-0.4, -0.2) is 48.8 Å². The molecular weight excluding hydrogens is 266 g/mol. The Morgan fingerprint density at radius 1 is 1.43 bits per heavy atom. The number of nitrogens with zero attached hydrogens (tertiary/aromatic N) is 2. The average molecular weight is 289 g/mol. The minimum atomic E-state index is -0.522. The van der Waals surface area contributed by atoms with E-state index in [1.807, 2.05) is 12.1 Å². The molecule has 0 aromatic heterocycles. The van der Waals surface area contributed by atoms with Crippen LogP contribution in [0.3, 0.4) is 0 Å². The molecule has 21 heavy (non-hydrogen) atoms. The average Bonchev–Trinajstić information content (AvgIpc) is 2.98. The summed E-state index contributed by atoms with van der Waals surface area (Å²) in [5.74, 6) is 0. The second kappa shape index (κ2) is 7.13. The minimum absolute atomic E-state index is 0.177. The largest absolute Gasteiger partial charge is 0.392 e. The van der Waals surface area contributed by atoms with Gasteiger partial charge in [0, 0.05) is 38.9 Å². The van der Waals surface area contributed by atoms with E-state index < -0.39 is 6.10 Å². The fraction of sp³-hybridized carbons (Fsp3) is 0.438.